The van der Waals surface area contributed by atoms with Crippen LogP contribution in [0, 0.1) is 13.8 Å². The topological polar surface area (TPSA) is 17.1 Å². The minimum absolute atomic E-state index is 0.190. The molecule has 0 N–H and O–H groups in total. The minimum atomic E-state index is 0.190. The second-order valence-corrected chi connectivity index (χ2v) is 4.27. The lowest BCUT2D eigenvalue weighted by Crippen LogP contribution is -2.05. The second kappa shape index (κ2) is 3.56. The summed E-state index contributed by atoms with van der Waals surface area (Å²) in [6.07, 6.45) is 2.89. The van der Waals surface area contributed by atoms with E-state index in [0.717, 1.165) is 19.3 Å². The van der Waals surface area contributed by atoms with Gasteiger partial charge in [0.25, 0.3) is 0 Å². The van der Waals surface area contributed by atoms with Crippen molar-refractivity contribution in [3.8, 4) is 0 Å². The molecule has 0 saturated heterocycles. The van der Waals surface area contributed by atoms with Crippen LogP contribution in [0.4, 0.5) is 0 Å². The van der Waals surface area contributed by atoms with Gasteiger partial charge in [-0.05, 0) is 37.8 Å². The Balaban J connectivity index is 2.36. The quantitative estimate of drug-likeness (QED) is 0.661. The number of hydrogen-bond acceptors (Lipinski definition) is 1. The second-order valence-electron chi connectivity index (χ2n) is 4.27. The molecular weight excluding hydrogens is 172 g/mol. The summed E-state index contributed by atoms with van der Waals surface area (Å²) in [5.41, 5.74) is 3.79. The Morgan fingerprint density at radius 1 is 1.29 bits per heavy atom. The van der Waals surface area contributed by atoms with E-state index < -0.39 is 0 Å². The SMILES string of the molecule is Cc1ccc([C@H]2CCCC2=O)c(C)c1. The summed E-state index contributed by atoms with van der Waals surface area (Å²) >= 11 is 0. The number of hydrogen-bond donors (Lipinski definition) is 0. The van der Waals surface area contributed by atoms with E-state index in [1.807, 2.05) is 0 Å². The van der Waals surface area contributed by atoms with Gasteiger partial charge in [0.05, 0.1) is 0 Å². The Morgan fingerprint density at radius 3 is 2.64 bits per heavy atom. The third kappa shape index (κ3) is 1.59. The van der Waals surface area contributed by atoms with Crippen LogP contribution in [0.1, 0.15) is 41.9 Å². The fourth-order valence-corrected chi connectivity index (χ4v) is 2.36. The van der Waals surface area contributed by atoms with Crippen molar-refractivity contribution in [2.24, 2.45) is 0 Å². The lowest BCUT2D eigenvalue weighted by Gasteiger charge is -2.12. The normalized spacial score (nSPS) is 21.6. The first kappa shape index (κ1) is 9.45. The highest BCUT2D eigenvalue weighted by atomic mass is 16.1. The highest BCUT2D eigenvalue weighted by molar-refractivity contribution is 5.87. The molecule has 1 heteroatoms. The predicted molar refractivity (Wildman–Crippen MR) is 57.5 cm³/mol. The van der Waals surface area contributed by atoms with E-state index in [0.29, 0.717) is 5.78 Å². The Kier molecular flexibility index (Phi) is 2.40. The van der Waals surface area contributed by atoms with Gasteiger partial charge in [0.1, 0.15) is 5.78 Å². The first-order valence-corrected chi connectivity index (χ1v) is 5.28. The Morgan fingerprint density at radius 2 is 2.07 bits per heavy atom. The molecule has 1 saturated carbocycles. The number of Topliss-reactive ketones (excluding diaryl/α,β-unsaturated/α-hetero) is 1. The van der Waals surface area contributed by atoms with Crippen molar-refractivity contribution in [3.05, 3.63) is 34.9 Å². The summed E-state index contributed by atoms with van der Waals surface area (Å²) < 4.78 is 0. The van der Waals surface area contributed by atoms with Gasteiger partial charge in [-0.3, -0.25) is 4.79 Å². The van der Waals surface area contributed by atoms with E-state index in [1.54, 1.807) is 0 Å². The molecule has 1 nitrogen and oxygen atoms in total. The number of ketones is 1. The van der Waals surface area contributed by atoms with Crippen LogP contribution in [-0.2, 0) is 4.79 Å². The molecule has 0 bridgehead atoms. The van der Waals surface area contributed by atoms with Crippen molar-refractivity contribution in [2.75, 3.05) is 0 Å². The zero-order valence-corrected chi connectivity index (χ0v) is 8.84. The average Bonchev–Trinajstić information content (AvgIpc) is 2.52. The molecule has 1 aromatic carbocycles. The molecule has 1 fully saturated rings. The lowest BCUT2D eigenvalue weighted by molar-refractivity contribution is -0.118. The van der Waals surface area contributed by atoms with Crippen LogP contribution in [0.3, 0.4) is 0 Å². The van der Waals surface area contributed by atoms with E-state index in [9.17, 15) is 4.79 Å². The zero-order chi connectivity index (χ0) is 10.1. The van der Waals surface area contributed by atoms with Crippen molar-refractivity contribution < 1.29 is 4.79 Å². The Hall–Kier alpha value is -1.11. The Bertz CT molecular complexity index is 365. The van der Waals surface area contributed by atoms with E-state index in [1.165, 1.54) is 16.7 Å². The average molecular weight is 188 g/mol. The fourth-order valence-electron chi connectivity index (χ4n) is 2.36. The minimum Gasteiger partial charge on any atom is -0.299 e. The molecule has 1 aromatic rings. The smallest absolute Gasteiger partial charge is 0.140 e. The third-order valence-corrected chi connectivity index (χ3v) is 3.11. The largest absolute Gasteiger partial charge is 0.299 e. The molecule has 0 unspecified atom stereocenters. The number of rotatable bonds is 1. The van der Waals surface area contributed by atoms with Crippen molar-refractivity contribution in [3.63, 3.8) is 0 Å². The Labute approximate surface area is 85.1 Å². The summed E-state index contributed by atoms with van der Waals surface area (Å²) in [6, 6.07) is 6.40. The standard InChI is InChI=1S/C13H16O/c1-9-6-7-11(10(2)8-9)12-4-3-5-13(12)14/h6-8,12H,3-5H2,1-2H3/t12-/m1/s1. The van der Waals surface area contributed by atoms with Gasteiger partial charge in [0, 0.05) is 12.3 Å². The summed E-state index contributed by atoms with van der Waals surface area (Å²) in [5.74, 6) is 0.618. The number of aryl methyl sites for hydroxylation is 2. The van der Waals surface area contributed by atoms with Gasteiger partial charge in [-0.2, -0.15) is 0 Å². The molecule has 0 amide bonds. The van der Waals surface area contributed by atoms with Gasteiger partial charge in [-0.15, -0.1) is 0 Å². The van der Waals surface area contributed by atoms with Gasteiger partial charge in [-0.1, -0.05) is 23.8 Å². The number of benzene rings is 1. The van der Waals surface area contributed by atoms with Crippen LogP contribution in [0.2, 0.25) is 0 Å². The number of carbonyl (C=O) groups is 1. The monoisotopic (exact) mass is 188 g/mol. The third-order valence-electron chi connectivity index (χ3n) is 3.11. The van der Waals surface area contributed by atoms with Crippen LogP contribution in [0.5, 0.6) is 0 Å². The molecular formula is C13H16O. The first-order chi connectivity index (χ1) is 6.68. The maximum atomic E-state index is 11.6. The highest BCUT2D eigenvalue weighted by Gasteiger charge is 2.26. The predicted octanol–water partition coefficient (Wildman–Crippen LogP) is 3.14. The molecule has 2 rings (SSSR count). The van der Waals surface area contributed by atoms with Gasteiger partial charge >= 0.3 is 0 Å². The molecule has 0 aromatic heterocycles. The van der Waals surface area contributed by atoms with Gasteiger partial charge in [0.15, 0.2) is 0 Å². The summed E-state index contributed by atoms with van der Waals surface area (Å²) in [7, 11) is 0. The van der Waals surface area contributed by atoms with E-state index in [4.69, 9.17) is 0 Å². The zero-order valence-electron chi connectivity index (χ0n) is 8.84. The van der Waals surface area contributed by atoms with Gasteiger partial charge in [0.2, 0.25) is 0 Å². The van der Waals surface area contributed by atoms with Crippen molar-refractivity contribution in [1.29, 1.82) is 0 Å². The molecule has 74 valence electrons. The fraction of sp³-hybridized carbons (Fsp3) is 0.462. The van der Waals surface area contributed by atoms with Crippen LogP contribution in [-0.4, -0.2) is 5.78 Å². The molecule has 14 heavy (non-hydrogen) atoms. The van der Waals surface area contributed by atoms with E-state index >= 15 is 0 Å². The molecule has 1 aliphatic rings. The molecule has 0 spiro atoms. The van der Waals surface area contributed by atoms with Crippen LogP contribution < -0.4 is 0 Å². The van der Waals surface area contributed by atoms with Crippen LogP contribution >= 0.6 is 0 Å². The molecule has 0 aliphatic heterocycles. The van der Waals surface area contributed by atoms with Crippen LogP contribution in [0.25, 0.3) is 0 Å². The highest BCUT2D eigenvalue weighted by Crippen LogP contribution is 2.33. The summed E-state index contributed by atoms with van der Waals surface area (Å²) in [5, 5.41) is 0. The van der Waals surface area contributed by atoms with Crippen molar-refractivity contribution in [2.45, 2.75) is 39.0 Å². The molecule has 0 heterocycles. The first-order valence-electron chi connectivity index (χ1n) is 5.28. The summed E-state index contributed by atoms with van der Waals surface area (Å²) in [6.45, 7) is 4.20. The molecule has 1 aliphatic carbocycles. The van der Waals surface area contributed by atoms with Gasteiger partial charge in [-0.25, -0.2) is 0 Å². The number of carbonyl (C=O) groups excluding carboxylic acids is 1. The van der Waals surface area contributed by atoms with E-state index in [-0.39, 0.29) is 5.92 Å². The van der Waals surface area contributed by atoms with Crippen molar-refractivity contribution >= 4 is 5.78 Å². The lowest BCUT2D eigenvalue weighted by atomic mass is 9.92. The summed E-state index contributed by atoms with van der Waals surface area (Å²) in [4.78, 5) is 11.6. The van der Waals surface area contributed by atoms with Gasteiger partial charge < -0.3 is 0 Å². The van der Waals surface area contributed by atoms with E-state index in [2.05, 4.69) is 32.0 Å². The van der Waals surface area contributed by atoms with Crippen LogP contribution in [0.15, 0.2) is 18.2 Å². The maximum Gasteiger partial charge on any atom is 0.140 e. The molecule has 0 radical (unpaired) electrons. The maximum absolute atomic E-state index is 11.6. The van der Waals surface area contributed by atoms with Crippen molar-refractivity contribution in [1.82, 2.24) is 0 Å². The molecule has 1 atom stereocenters.